The van der Waals surface area contributed by atoms with E-state index in [4.69, 9.17) is 10.5 Å². The molecule has 1 amide bonds. The lowest BCUT2D eigenvalue weighted by Crippen LogP contribution is -2.49. The first kappa shape index (κ1) is 20.7. The van der Waals surface area contributed by atoms with E-state index in [1.807, 2.05) is 15.6 Å². The fraction of sp³-hybridized carbons (Fsp3) is 0.462. The number of carbonyl (C=O) groups excluding carboxylic acids is 1. The summed E-state index contributed by atoms with van der Waals surface area (Å²) in [6.07, 6.45) is 7.80. The number of hydrogen-bond acceptors (Lipinski definition) is 5. The summed E-state index contributed by atoms with van der Waals surface area (Å²) in [5.74, 6) is 0.646. The maximum Gasteiger partial charge on any atom is 0.225 e. The van der Waals surface area contributed by atoms with Crippen molar-refractivity contribution < 1.29 is 9.53 Å². The number of piperazine rings is 1. The molecule has 0 bridgehead atoms. The molecule has 2 aliphatic heterocycles. The summed E-state index contributed by atoms with van der Waals surface area (Å²) in [7, 11) is 0. The number of fused-ring (bicyclic) bond motifs is 1. The van der Waals surface area contributed by atoms with Crippen LogP contribution in [-0.4, -0.2) is 59.8 Å². The third-order valence-electron chi connectivity index (χ3n) is 7.52. The van der Waals surface area contributed by atoms with Gasteiger partial charge in [-0.2, -0.15) is 5.10 Å². The van der Waals surface area contributed by atoms with E-state index in [1.54, 1.807) is 0 Å². The molecule has 172 valence electrons. The van der Waals surface area contributed by atoms with E-state index in [1.165, 1.54) is 11.3 Å². The summed E-state index contributed by atoms with van der Waals surface area (Å²) in [4.78, 5) is 16.8. The Balaban J connectivity index is 1.22. The smallest absolute Gasteiger partial charge is 0.225 e. The highest BCUT2D eigenvalue weighted by molar-refractivity contribution is 5.82. The Kier molecular flexibility index (Phi) is 5.11. The number of hydrogen-bond donors (Lipinski definition) is 1. The van der Waals surface area contributed by atoms with Crippen LogP contribution >= 0.6 is 0 Å². The normalized spacial score (nSPS) is 20.9. The van der Waals surface area contributed by atoms with Gasteiger partial charge < -0.3 is 20.3 Å². The third kappa shape index (κ3) is 3.89. The van der Waals surface area contributed by atoms with Crippen molar-refractivity contribution in [1.29, 1.82) is 0 Å². The van der Waals surface area contributed by atoms with Crippen LogP contribution in [0.5, 0.6) is 0 Å². The summed E-state index contributed by atoms with van der Waals surface area (Å²) in [6.45, 7) is 4.75. The van der Waals surface area contributed by atoms with Gasteiger partial charge in [-0.1, -0.05) is 24.3 Å². The molecule has 0 radical (unpaired) electrons. The van der Waals surface area contributed by atoms with Crippen LogP contribution < -0.4 is 10.6 Å². The van der Waals surface area contributed by atoms with Crippen molar-refractivity contribution in [1.82, 2.24) is 14.5 Å². The standard InChI is InChI=1S/C26H31N5O2/c27-26(8-15-33-16-9-26)22-5-3-19(4-6-22)21-17-24-23(7-10-28-31(24)18-21)29-11-13-30(14-12-29)25(32)20-1-2-20/h3-7,10,17-18,20H,1-2,8-9,11-16,27H2. The molecule has 0 unspecified atom stereocenters. The van der Waals surface area contributed by atoms with Gasteiger partial charge in [0.05, 0.1) is 11.2 Å². The van der Waals surface area contributed by atoms with Gasteiger partial charge in [-0.05, 0) is 48.9 Å². The number of nitrogens with zero attached hydrogens (tertiary/aromatic N) is 4. The molecule has 2 N–H and O–H groups in total. The molecule has 2 saturated heterocycles. The SMILES string of the molecule is NC1(c2ccc(-c3cc4c(N5CCN(C(=O)C6CC6)CC5)ccnn4c3)cc2)CCOCC1. The number of nitrogens with two attached hydrogens (primary N) is 1. The van der Waals surface area contributed by atoms with Gasteiger partial charge in [-0.3, -0.25) is 4.79 Å². The van der Waals surface area contributed by atoms with Gasteiger partial charge in [0.1, 0.15) is 0 Å². The lowest BCUT2D eigenvalue weighted by Gasteiger charge is -2.36. The maximum atomic E-state index is 12.4. The van der Waals surface area contributed by atoms with Crippen LogP contribution in [0.3, 0.4) is 0 Å². The number of ether oxygens (including phenoxy) is 1. The number of rotatable bonds is 4. The maximum absolute atomic E-state index is 12.4. The summed E-state index contributed by atoms with van der Waals surface area (Å²) in [5, 5.41) is 4.55. The molecule has 0 atom stereocenters. The molecule has 2 aromatic heterocycles. The third-order valence-corrected chi connectivity index (χ3v) is 7.52. The lowest BCUT2D eigenvalue weighted by molar-refractivity contribution is -0.132. The molecule has 1 aliphatic carbocycles. The van der Waals surface area contributed by atoms with E-state index in [9.17, 15) is 4.79 Å². The first-order chi connectivity index (χ1) is 16.1. The minimum atomic E-state index is -0.292. The molecule has 0 spiro atoms. The summed E-state index contributed by atoms with van der Waals surface area (Å²) in [6, 6.07) is 12.9. The lowest BCUT2D eigenvalue weighted by atomic mass is 9.83. The van der Waals surface area contributed by atoms with Crippen molar-refractivity contribution in [2.24, 2.45) is 11.7 Å². The number of anilines is 1. The number of carbonyl (C=O) groups is 1. The molecule has 33 heavy (non-hydrogen) atoms. The zero-order chi connectivity index (χ0) is 22.4. The molecular formula is C26H31N5O2. The zero-order valence-electron chi connectivity index (χ0n) is 18.9. The largest absolute Gasteiger partial charge is 0.381 e. The second-order valence-corrected chi connectivity index (χ2v) is 9.71. The van der Waals surface area contributed by atoms with Gasteiger partial charge >= 0.3 is 0 Å². The highest BCUT2D eigenvalue weighted by Gasteiger charge is 2.35. The van der Waals surface area contributed by atoms with Crippen molar-refractivity contribution in [3.8, 4) is 11.1 Å². The van der Waals surface area contributed by atoms with E-state index < -0.39 is 0 Å². The van der Waals surface area contributed by atoms with E-state index in [0.717, 1.165) is 81.7 Å². The van der Waals surface area contributed by atoms with Gasteiger partial charge in [0.15, 0.2) is 0 Å². The number of aromatic nitrogens is 2. The van der Waals surface area contributed by atoms with Crippen LogP contribution in [0.1, 0.15) is 31.2 Å². The van der Waals surface area contributed by atoms with Gasteiger partial charge in [-0.25, -0.2) is 4.52 Å². The van der Waals surface area contributed by atoms with Crippen LogP contribution in [0.2, 0.25) is 0 Å². The minimum absolute atomic E-state index is 0.292. The Morgan fingerprint density at radius 3 is 2.42 bits per heavy atom. The molecule has 1 saturated carbocycles. The minimum Gasteiger partial charge on any atom is -0.381 e. The second kappa shape index (κ2) is 8.15. The Bertz CT molecular complexity index is 1150. The molecule has 3 aromatic rings. The highest BCUT2D eigenvalue weighted by atomic mass is 16.5. The molecule has 6 rings (SSSR count). The fourth-order valence-corrected chi connectivity index (χ4v) is 5.20. The van der Waals surface area contributed by atoms with Crippen LogP contribution in [0.4, 0.5) is 5.69 Å². The molecular weight excluding hydrogens is 414 g/mol. The number of benzene rings is 1. The van der Waals surface area contributed by atoms with E-state index in [-0.39, 0.29) is 5.54 Å². The van der Waals surface area contributed by atoms with Gasteiger partial charge in [0.25, 0.3) is 0 Å². The highest BCUT2D eigenvalue weighted by Crippen LogP contribution is 2.34. The van der Waals surface area contributed by atoms with Crippen LogP contribution in [0, 0.1) is 5.92 Å². The average Bonchev–Trinajstić information content (AvgIpc) is 3.62. The van der Waals surface area contributed by atoms with Crippen molar-refractivity contribution in [3.63, 3.8) is 0 Å². The second-order valence-electron chi connectivity index (χ2n) is 9.71. The average molecular weight is 446 g/mol. The molecule has 4 heterocycles. The first-order valence-corrected chi connectivity index (χ1v) is 12.1. The van der Waals surface area contributed by atoms with E-state index in [2.05, 4.69) is 52.6 Å². The van der Waals surface area contributed by atoms with E-state index in [0.29, 0.717) is 11.8 Å². The molecule has 1 aromatic carbocycles. The predicted octanol–water partition coefficient (Wildman–Crippen LogP) is 3.02. The monoisotopic (exact) mass is 445 g/mol. The molecule has 7 nitrogen and oxygen atoms in total. The Hall–Kier alpha value is -2.90. The Morgan fingerprint density at radius 1 is 1.00 bits per heavy atom. The van der Waals surface area contributed by atoms with Gasteiger partial charge in [0.2, 0.25) is 5.91 Å². The van der Waals surface area contributed by atoms with Gasteiger partial charge in [-0.15, -0.1) is 0 Å². The van der Waals surface area contributed by atoms with Crippen molar-refractivity contribution in [2.75, 3.05) is 44.3 Å². The topological polar surface area (TPSA) is 76.1 Å². The number of amides is 1. The van der Waals surface area contributed by atoms with Crippen LogP contribution in [0.25, 0.3) is 16.6 Å². The predicted molar refractivity (Wildman–Crippen MR) is 128 cm³/mol. The molecule has 3 aliphatic rings. The molecule has 3 fully saturated rings. The Labute approximate surface area is 194 Å². The molecule has 7 heteroatoms. The van der Waals surface area contributed by atoms with Crippen LogP contribution in [0.15, 0.2) is 48.8 Å². The quantitative estimate of drug-likeness (QED) is 0.668. The fourth-order valence-electron chi connectivity index (χ4n) is 5.20. The summed E-state index contributed by atoms with van der Waals surface area (Å²) >= 11 is 0. The summed E-state index contributed by atoms with van der Waals surface area (Å²) < 4.78 is 7.45. The van der Waals surface area contributed by atoms with Crippen LogP contribution in [-0.2, 0) is 15.1 Å². The van der Waals surface area contributed by atoms with E-state index >= 15 is 0 Å². The Morgan fingerprint density at radius 2 is 1.73 bits per heavy atom. The first-order valence-electron chi connectivity index (χ1n) is 12.1. The van der Waals surface area contributed by atoms with Crippen molar-refractivity contribution in [3.05, 3.63) is 54.4 Å². The summed E-state index contributed by atoms with van der Waals surface area (Å²) in [5.41, 5.74) is 12.1. The van der Waals surface area contributed by atoms with Crippen molar-refractivity contribution >= 4 is 17.1 Å². The van der Waals surface area contributed by atoms with Gasteiger partial charge in [0, 0.05) is 68.8 Å². The van der Waals surface area contributed by atoms with Crippen molar-refractivity contribution in [2.45, 2.75) is 31.2 Å². The zero-order valence-corrected chi connectivity index (χ0v) is 18.9.